The van der Waals surface area contributed by atoms with Crippen molar-refractivity contribution in [2.75, 3.05) is 18.5 Å². The van der Waals surface area contributed by atoms with Crippen molar-refractivity contribution in [1.29, 1.82) is 0 Å². The molecular formula is C19H20N2O4. The number of rotatable bonds is 6. The molecule has 0 spiro atoms. The predicted octanol–water partition coefficient (Wildman–Crippen LogP) is 3.27. The summed E-state index contributed by atoms with van der Waals surface area (Å²) in [6.07, 6.45) is 1.36. The van der Waals surface area contributed by atoms with Gasteiger partial charge in [0.1, 0.15) is 5.75 Å². The van der Waals surface area contributed by atoms with Crippen LogP contribution in [0.15, 0.2) is 42.5 Å². The van der Waals surface area contributed by atoms with Crippen molar-refractivity contribution >= 4 is 17.7 Å². The zero-order chi connectivity index (χ0) is 17.6. The number of fused-ring (bicyclic) bond motifs is 1. The normalized spacial score (nSPS) is 12.2. The molecule has 3 rings (SSSR count). The second-order valence-electron chi connectivity index (χ2n) is 5.88. The molecule has 0 radical (unpaired) electrons. The van der Waals surface area contributed by atoms with Crippen LogP contribution in [0.25, 0.3) is 11.1 Å². The Morgan fingerprint density at radius 3 is 2.80 bits per heavy atom. The molecule has 0 saturated heterocycles. The summed E-state index contributed by atoms with van der Waals surface area (Å²) >= 11 is 0. The van der Waals surface area contributed by atoms with Crippen LogP contribution in [0.2, 0.25) is 0 Å². The Balaban J connectivity index is 1.61. The maximum absolute atomic E-state index is 11.9. The van der Waals surface area contributed by atoms with E-state index in [1.807, 2.05) is 36.4 Å². The molecule has 1 heterocycles. The van der Waals surface area contributed by atoms with E-state index in [4.69, 9.17) is 9.84 Å². The van der Waals surface area contributed by atoms with E-state index in [-0.39, 0.29) is 12.5 Å². The number of carboxylic acid groups (broad SMARTS) is 1. The Morgan fingerprint density at radius 1 is 1.12 bits per heavy atom. The Labute approximate surface area is 145 Å². The van der Waals surface area contributed by atoms with E-state index in [0.717, 1.165) is 29.9 Å². The summed E-state index contributed by atoms with van der Waals surface area (Å²) in [5.74, 6) is 0.0772. The lowest BCUT2D eigenvalue weighted by Crippen LogP contribution is -2.29. The summed E-state index contributed by atoms with van der Waals surface area (Å²) in [6, 6.07) is 13.4. The summed E-state index contributed by atoms with van der Waals surface area (Å²) in [5, 5.41) is 14.0. The van der Waals surface area contributed by atoms with Gasteiger partial charge in [-0.3, -0.25) is 4.79 Å². The van der Waals surface area contributed by atoms with E-state index in [1.165, 1.54) is 5.56 Å². The van der Waals surface area contributed by atoms with E-state index >= 15 is 0 Å². The second kappa shape index (κ2) is 7.70. The predicted molar refractivity (Wildman–Crippen MR) is 95.0 cm³/mol. The Hall–Kier alpha value is -3.02. The van der Waals surface area contributed by atoms with Crippen LogP contribution in [-0.2, 0) is 11.2 Å². The minimum atomic E-state index is -0.866. The lowest BCUT2D eigenvalue weighted by molar-refractivity contribution is -0.137. The number of nitrogens with one attached hydrogen (secondary N) is 2. The van der Waals surface area contributed by atoms with Gasteiger partial charge in [0.15, 0.2) is 0 Å². The minimum absolute atomic E-state index is 0.0395. The molecule has 1 aliphatic heterocycles. The van der Waals surface area contributed by atoms with Crippen molar-refractivity contribution in [3.63, 3.8) is 0 Å². The number of ether oxygens (including phenoxy) is 1. The molecule has 0 aliphatic carbocycles. The molecule has 2 aromatic carbocycles. The largest absolute Gasteiger partial charge is 0.493 e. The molecule has 2 aromatic rings. The summed E-state index contributed by atoms with van der Waals surface area (Å²) in [4.78, 5) is 22.3. The van der Waals surface area contributed by atoms with Gasteiger partial charge in [0.05, 0.1) is 6.61 Å². The summed E-state index contributed by atoms with van der Waals surface area (Å²) in [5.41, 5.74) is 3.98. The molecule has 0 atom stereocenters. The standard InChI is InChI=1S/C19H20N2O4/c22-18(23)5-2-9-20-19(24)21-16-4-1-3-13(12-16)14-6-7-17-15(11-14)8-10-25-17/h1,3-4,6-7,11-12H,2,5,8-10H2,(H,22,23)(H2,20,21,24). The van der Waals surface area contributed by atoms with Gasteiger partial charge < -0.3 is 20.5 Å². The topological polar surface area (TPSA) is 87.7 Å². The first-order valence-electron chi connectivity index (χ1n) is 8.24. The van der Waals surface area contributed by atoms with E-state index in [9.17, 15) is 9.59 Å². The molecule has 6 heteroatoms. The summed E-state index contributed by atoms with van der Waals surface area (Å²) < 4.78 is 5.53. The molecule has 0 aromatic heterocycles. The van der Waals surface area contributed by atoms with Crippen LogP contribution < -0.4 is 15.4 Å². The number of amides is 2. The number of anilines is 1. The monoisotopic (exact) mass is 340 g/mol. The third kappa shape index (κ3) is 4.50. The fourth-order valence-corrected chi connectivity index (χ4v) is 2.76. The molecule has 25 heavy (non-hydrogen) atoms. The van der Waals surface area contributed by atoms with Gasteiger partial charge >= 0.3 is 12.0 Å². The molecule has 0 unspecified atom stereocenters. The average molecular weight is 340 g/mol. The lowest BCUT2D eigenvalue weighted by Gasteiger charge is -2.09. The number of carboxylic acids is 1. The van der Waals surface area contributed by atoms with E-state index in [1.54, 1.807) is 0 Å². The SMILES string of the molecule is O=C(O)CCCNC(=O)Nc1cccc(-c2ccc3c(c2)CCO3)c1. The van der Waals surface area contributed by atoms with Gasteiger partial charge in [-0.05, 0) is 47.4 Å². The fraction of sp³-hybridized carbons (Fsp3) is 0.263. The first-order valence-corrected chi connectivity index (χ1v) is 8.24. The van der Waals surface area contributed by atoms with Gasteiger partial charge in [-0.1, -0.05) is 18.2 Å². The maximum atomic E-state index is 11.9. The van der Waals surface area contributed by atoms with Crippen LogP contribution in [0.3, 0.4) is 0 Å². The molecule has 2 amide bonds. The van der Waals surface area contributed by atoms with Crippen LogP contribution in [0.5, 0.6) is 5.75 Å². The van der Waals surface area contributed by atoms with Crippen molar-refractivity contribution < 1.29 is 19.4 Å². The summed E-state index contributed by atoms with van der Waals surface area (Å²) in [6.45, 7) is 1.05. The van der Waals surface area contributed by atoms with Crippen LogP contribution >= 0.6 is 0 Å². The molecular weight excluding hydrogens is 320 g/mol. The highest BCUT2D eigenvalue weighted by atomic mass is 16.5. The van der Waals surface area contributed by atoms with Gasteiger partial charge in [0.2, 0.25) is 0 Å². The number of hydrogen-bond donors (Lipinski definition) is 3. The minimum Gasteiger partial charge on any atom is -0.493 e. The van der Waals surface area contributed by atoms with Crippen LogP contribution in [0.4, 0.5) is 10.5 Å². The van der Waals surface area contributed by atoms with E-state index in [0.29, 0.717) is 18.7 Å². The van der Waals surface area contributed by atoms with Crippen LogP contribution in [0.1, 0.15) is 18.4 Å². The molecule has 0 saturated carbocycles. The van der Waals surface area contributed by atoms with Gasteiger partial charge in [-0.25, -0.2) is 4.79 Å². The number of carbonyl (C=O) groups is 2. The van der Waals surface area contributed by atoms with Crippen molar-refractivity contribution in [1.82, 2.24) is 5.32 Å². The zero-order valence-electron chi connectivity index (χ0n) is 13.7. The van der Waals surface area contributed by atoms with Crippen molar-refractivity contribution in [3.05, 3.63) is 48.0 Å². The number of aliphatic carboxylic acids is 1. The number of carbonyl (C=O) groups excluding carboxylic acids is 1. The highest BCUT2D eigenvalue weighted by Gasteiger charge is 2.13. The number of urea groups is 1. The average Bonchev–Trinajstić information content (AvgIpc) is 3.06. The van der Waals surface area contributed by atoms with Crippen molar-refractivity contribution in [2.24, 2.45) is 0 Å². The molecule has 130 valence electrons. The highest BCUT2D eigenvalue weighted by molar-refractivity contribution is 5.90. The number of hydrogen-bond acceptors (Lipinski definition) is 3. The first-order chi connectivity index (χ1) is 12.1. The zero-order valence-corrected chi connectivity index (χ0v) is 13.7. The van der Waals surface area contributed by atoms with E-state index < -0.39 is 5.97 Å². The summed E-state index contributed by atoms with van der Waals surface area (Å²) in [7, 11) is 0. The first kappa shape index (κ1) is 16.8. The quantitative estimate of drug-likeness (QED) is 0.704. The molecule has 6 nitrogen and oxygen atoms in total. The molecule has 1 aliphatic rings. The number of benzene rings is 2. The van der Waals surface area contributed by atoms with Gasteiger partial charge in [0, 0.05) is 25.1 Å². The third-order valence-corrected chi connectivity index (χ3v) is 4.00. The lowest BCUT2D eigenvalue weighted by atomic mass is 10.0. The van der Waals surface area contributed by atoms with Crippen molar-refractivity contribution in [2.45, 2.75) is 19.3 Å². The second-order valence-corrected chi connectivity index (χ2v) is 5.88. The molecule has 3 N–H and O–H groups in total. The highest BCUT2D eigenvalue weighted by Crippen LogP contribution is 2.31. The third-order valence-electron chi connectivity index (χ3n) is 4.00. The van der Waals surface area contributed by atoms with Crippen LogP contribution in [-0.4, -0.2) is 30.3 Å². The Morgan fingerprint density at radius 2 is 1.96 bits per heavy atom. The molecule has 0 fully saturated rings. The maximum Gasteiger partial charge on any atom is 0.319 e. The smallest absolute Gasteiger partial charge is 0.319 e. The Kier molecular flexibility index (Phi) is 5.18. The Bertz CT molecular complexity index is 789. The van der Waals surface area contributed by atoms with Gasteiger partial charge in [-0.2, -0.15) is 0 Å². The van der Waals surface area contributed by atoms with Gasteiger partial charge in [0.25, 0.3) is 0 Å². The van der Waals surface area contributed by atoms with Crippen molar-refractivity contribution in [3.8, 4) is 16.9 Å². The van der Waals surface area contributed by atoms with Gasteiger partial charge in [-0.15, -0.1) is 0 Å². The molecule has 0 bridgehead atoms. The fourth-order valence-electron chi connectivity index (χ4n) is 2.76. The van der Waals surface area contributed by atoms with Crippen LogP contribution in [0, 0.1) is 0 Å². The van der Waals surface area contributed by atoms with E-state index in [2.05, 4.69) is 16.7 Å².